The highest BCUT2D eigenvalue weighted by atomic mass is 32.2. The van der Waals surface area contributed by atoms with Crippen molar-refractivity contribution in [3.63, 3.8) is 0 Å². The summed E-state index contributed by atoms with van der Waals surface area (Å²) in [5.74, 6) is -2.48. The molecule has 0 aromatic carbocycles. The topological polar surface area (TPSA) is 131 Å². The van der Waals surface area contributed by atoms with Crippen LogP contribution in [0.2, 0.25) is 0 Å². The molecule has 1 aliphatic heterocycles. The third-order valence-corrected chi connectivity index (χ3v) is 6.08. The van der Waals surface area contributed by atoms with Crippen LogP contribution in [-0.2, 0) is 14.8 Å². The van der Waals surface area contributed by atoms with Crippen molar-refractivity contribution in [2.24, 2.45) is 11.7 Å². The minimum Gasteiger partial charge on any atom is -0.476 e. The maximum absolute atomic E-state index is 12.3. The quantitative estimate of drug-likeness (QED) is 0.759. The Hall–Kier alpha value is -1.52. The van der Waals surface area contributed by atoms with E-state index in [1.165, 1.54) is 0 Å². The number of thiazole rings is 1. The number of aromatic nitrogens is 1. The third kappa shape index (κ3) is 2.46. The molecular weight excluding hydrogens is 294 g/mol. The molecule has 2 heterocycles. The van der Waals surface area contributed by atoms with Crippen molar-refractivity contribution in [2.75, 3.05) is 13.1 Å². The average molecular weight is 305 g/mol. The van der Waals surface area contributed by atoms with E-state index in [0.29, 0.717) is 6.42 Å². The van der Waals surface area contributed by atoms with Crippen LogP contribution in [0.5, 0.6) is 0 Å². The summed E-state index contributed by atoms with van der Waals surface area (Å²) in [6, 6.07) is 0. The molecular formula is C9H11N3O5S2. The lowest BCUT2D eigenvalue weighted by atomic mass is 10.1. The molecule has 1 saturated heterocycles. The monoisotopic (exact) mass is 305 g/mol. The molecule has 19 heavy (non-hydrogen) atoms. The van der Waals surface area contributed by atoms with E-state index in [1.807, 2.05) is 0 Å². The molecule has 0 bridgehead atoms. The van der Waals surface area contributed by atoms with E-state index < -0.39 is 33.5 Å². The van der Waals surface area contributed by atoms with Crippen LogP contribution in [-0.4, -0.2) is 47.8 Å². The minimum atomic E-state index is -3.94. The largest absolute Gasteiger partial charge is 0.476 e. The summed E-state index contributed by atoms with van der Waals surface area (Å²) in [6.07, 6.45) is 0.343. The van der Waals surface area contributed by atoms with E-state index in [1.54, 1.807) is 0 Å². The van der Waals surface area contributed by atoms with E-state index in [2.05, 4.69) is 4.98 Å². The van der Waals surface area contributed by atoms with Crippen molar-refractivity contribution < 1.29 is 23.1 Å². The van der Waals surface area contributed by atoms with E-state index in [9.17, 15) is 18.0 Å². The van der Waals surface area contributed by atoms with E-state index in [-0.39, 0.29) is 17.3 Å². The Kier molecular flexibility index (Phi) is 3.56. The second-order valence-electron chi connectivity index (χ2n) is 4.04. The van der Waals surface area contributed by atoms with Crippen LogP contribution in [0.25, 0.3) is 0 Å². The molecule has 1 fully saturated rings. The van der Waals surface area contributed by atoms with Crippen molar-refractivity contribution in [3.8, 4) is 0 Å². The molecule has 2 rings (SSSR count). The highest BCUT2D eigenvalue weighted by Gasteiger charge is 2.38. The number of rotatable bonds is 4. The van der Waals surface area contributed by atoms with Crippen LogP contribution in [0, 0.1) is 5.92 Å². The van der Waals surface area contributed by atoms with Gasteiger partial charge in [0.05, 0.1) is 11.4 Å². The van der Waals surface area contributed by atoms with Crippen LogP contribution < -0.4 is 5.73 Å². The molecule has 1 atom stereocenters. The number of hydrogen-bond acceptors (Lipinski definition) is 6. The summed E-state index contributed by atoms with van der Waals surface area (Å²) in [7, 11) is -3.94. The second kappa shape index (κ2) is 4.87. The standard InChI is InChI=1S/C9H11N3O5S2/c10-7(13)5-1-2-12(3-5)19(16,17)9-6(8(14)15)11-4-18-9/h4-5H,1-3H2,(H2,10,13)(H,14,15). The highest BCUT2D eigenvalue weighted by molar-refractivity contribution is 7.91. The maximum atomic E-state index is 12.3. The predicted octanol–water partition coefficient (Wildman–Crippen LogP) is -0.663. The van der Waals surface area contributed by atoms with Crippen LogP contribution in [0.3, 0.4) is 0 Å². The Morgan fingerprint density at radius 2 is 2.21 bits per heavy atom. The maximum Gasteiger partial charge on any atom is 0.356 e. The number of primary amides is 1. The Labute approximate surface area is 112 Å². The lowest BCUT2D eigenvalue weighted by molar-refractivity contribution is -0.121. The first-order chi connectivity index (χ1) is 8.84. The van der Waals surface area contributed by atoms with Gasteiger partial charge in [-0.15, -0.1) is 11.3 Å². The summed E-state index contributed by atoms with van der Waals surface area (Å²) in [5.41, 5.74) is 5.81. The predicted molar refractivity (Wildman–Crippen MR) is 65.1 cm³/mol. The van der Waals surface area contributed by atoms with Crippen LogP contribution in [0.1, 0.15) is 16.9 Å². The number of carbonyl (C=O) groups is 2. The molecule has 0 spiro atoms. The Bertz CT molecular complexity index is 624. The number of carboxylic acid groups (broad SMARTS) is 1. The lowest BCUT2D eigenvalue weighted by Crippen LogP contribution is -2.32. The molecule has 8 nitrogen and oxygen atoms in total. The van der Waals surface area contributed by atoms with Gasteiger partial charge in [0.2, 0.25) is 5.91 Å². The number of aromatic carboxylic acids is 1. The number of nitrogens with zero attached hydrogens (tertiary/aromatic N) is 2. The lowest BCUT2D eigenvalue weighted by Gasteiger charge is -2.14. The Morgan fingerprint density at radius 3 is 2.74 bits per heavy atom. The first-order valence-electron chi connectivity index (χ1n) is 5.30. The fourth-order valence-electron chi connectivity index (χ4n) is 1.86. The summed E-state index contributed by atoms with van der Waals surface area (Å²) in [4.78, 5) is 25.5. The summed E-state index contributed by atoms with van der Waals surface area (Å²) >= 11 is 0.744. The normalized spacial score (nSPS) is 20.5. The van der Waals surface area contributed by atoms with Crippen LogP contribution >= 0.6 is 11.3 Å². The zero-order valence-corrected chi connectivity index (χ0v) is 11.3. The second-order valence-corrected chi connectivity index (χ2v) is 7.03. The number of hydrogen-bond donors (Lipinski definition) is 2. The Morgan fingerprint density at radius 1 is 1.53 bits per heavy atom. The van der Waals surface area contributed by atoms with Crippen molar-refractivity contribution >= 4 is 33.2 Å². The van der Waals surface area contributed by atoms with Gasteiger partial charge in [-0.25, -0.2) is 18.2 Å². The summed E-state index contributed by atoms with van der Waals surface area (Å²) in [6.45, 7) is 0.127. The SMILES string of the molecule is NC(=O)C1CCN(S(=O)(=O)c2scnc2C(=O)O)C1. The van der Waals surface area contributed by atoms with Crippen molar-refractivity contribution in [3.05, 3.63) is 11.2 Å². The van der Waals surface area contributed by atoms with Gasteiger partial charge in [0.1, 0.15) is 0 Å². The number of nitrogens with two attached hydrogens (primary N) is 1. The van der Waals surface area contributed by atoms with Crippen LogP contribution in [0.4, 0.5) is 0 Å². The van der Waals surface area contributed by atoms with Gasteiger partial charge < -0.3 is 10.8 Å². The van der Waals surface area contributed by atoms with Crippen molar-refractivity contribution in [2.45, 2.75) is 10.6 Å². The molecule has 10 heteroatoms. The fourth-order valence-corrected chi connectivity index (χ4v) is 4.63. The molecule has 1 aromatic rings. The van der Waals surface area contributed by atoms with Crippen molar-refractivity contribution in [1.29, 1.82) is 0 Å². The average Bonchev–Trinajstić information content (AvgIpc) is 2.98. The fraction of sp³-hybridized carbons (Fsp3) is 0.444. The highest BCUT2D eigenvalue weighted by Crippen LogP contribution is 2.28. The van der Waals surface area contributed by atoms with E-state index in [0.717, 1.165) is 21.2 Å². The van der Waals surface area contributed by atoms with Crippen molar-refractivity contribution in [1.82, 2.24) is 9.29 Å². The zero-order chi connectivity index (χ0) is 14.2. The number of sulfonamides is 1. The molecule has 0 radical (unpaired) electrons. The first kappa shape index (κ1) is 13.9. The van der Waals surface area contributed by atoms with E-state index in [4.69, 9.17) is 10.8 Å². The number of carboxylic acids is 1. The summed E-state index contributed by atoms with van der Waals surface area (Å²) < 4.78 is 25.3. The molecule has 3 N–H and O–H groups in total. The number of amides is 1. The zero-order valence-electron chi connectivity index (χ0n) is 9.64. The molecule has 104 valence electrons. The molecule has 1 aromatic heterocycles. The van der Waals surface area contributed by atoms with Gasteiger partial charge in [0.25, 0.3) is 10.0 Å². The summed E-state index contributed by atoms with van der Waals surface area (Å²) in [5, 5.41) is 8.89. The van der Waals surface area contributed by atoms with E-state index >= 15 is 0 Å². The number of carbonyl (C=O) groups excluding carboxylic acids is 1. The molecule has 0 saturated carbocycles. The molecule has 1 aliphatic rings. The van der Waals surface area contributed by atoms with Gasteiger partial charge in [0.15, 0.2) is 9.90 Å². The van der Waals surface area contributed by atoms with Crippen LogP contribution in [0.15, 0.2) is 9.72 Å². The Balaban J connectivity index is 2.31. The van der Waals surface area contributed by atoms with Gasteiger partial charge in [-0.2, -0.15) is 4.31 Å². The molecule has 1 amide bonds. The minimum absolute atomic E-state index is 0.0192. The molecule has 0 aliphatic carbocycles. The van der Waals surface area contributed by atoms with Gasteiger partial charge >= 0.3 is 5.97 Å². The third-order valence-electron chi connectivity index (χ3n) is 2.87. The smallest absolute Gasteiger partial charge is 0.356 e. The molecule has 1 unspecified atom stereocenters. The van der Waals surface area contributed by atoms with Gasteiger partial charge in [-0.3, -0.25) is 4.79 Å². The van der Waals surface area contributed by atoms with Gasteiger partial charge in [-0.1, -0.05) is 0 Å². The van der Waals surface area contributed by atoms with Gasteiger partial charge in [0, 0.05) is 13.1 Å². The first-order valence-corrected chi connectivity index (χ1v) is 7.62. The van der Waals surface area contributed by atoms with Gasteiger partial charge in [-0.05, 0) is 6.42 Å².